The van der Waals surface area contributed by atoms with Gasteiger partial charge in [0.2, 0.25) is 5.91 Å². The highest BCUT2D eigenvalue weighted by molar-refractivity contribution is 6.02. The molecule has 0 saturated heterocycles. The van der Waals surface area contributed by atoms with E-state index in [9.17, 15) is 9.90 Å². The molecule has 0 atom stereocenters. The maximum Gasteiger partial charge on any atom is 0.235 e. The minimum atomic E-state index is -0.516. The van der Waals surface area contributed by atoms with Crippen molar-refractivity contribution >= 4 is 11.6 Å². The van der Waals surface area contributed by atoms with E-state index in [2.05, 4.69) is 5.32 Å². The molecule has 0 heterocycles. The van der Waals surface area contributed by atoms with E-state index in [-0.39, 0.29) is 11.7 Å². The Morgan fingerprint density at radius 1 is 1.19 bits per heavy atom. The van der Waals surface area contributed by atoms with Crippen molar-refractivity contribution in [3.8, 4) is 11.5 Å². The van der Waals surface area contributed by atoms with Gasteiger partial charge < -0.3 is 15.2 Å². The van der Waals surface area contributed by atoms with E-state index >= 15 is 0 Å². The number of hydrogen-bond acceptors (Lipinski definition) is 3. The monoisotopic (exact) mass is 283 g/mol. The van der Waals surface area contributed by atoms with Crippen LogP contribution in [0.3, 0.4) is 0 Å². The molecule has 0 aliphatic heterocycles. The molecule has 1 aliphatic carbocycles. The van der Waals surface area contributed by atoms with E-state index in [1.807, 2.05) is 24.3 Å². The zero-order valence-electron chi connectivity index (χ0n) is 11.8. The van der Waals surface area contributed by atoms with E-state index in [1.54, 1.807) is 25.3 Å². The number of amides is 1. The first-order valence-electron chi connectivity index (χ1n) is 6.90. The second-order valence-electron chi connectivity index (χ2n) is 5.29. The van der Waals surface area contributed by atoms with Crippen LogP contribution in [0.25, 0.3) is 0 Å². The molecule has 0 bridgehead atoms. The van der Waals surface area contributed by atoms with Crippen molar-refractivity contribution in [1.82, 2.24) is 0 Å². The van der Waals surface area contributed by atoms with Crippen molar-refractivity contribution in [2.75, 3.05) is 12.4 Å². The van der Waals surface area contributed by atoms with Crippen LogP contribution in [0.1, 0.15) is 18.4 Å². The van der Waals surface area contributed by atoms with E-state index in [4.69, 9.17) is 4.74 Å². The third-order valence-electron chi connectivity index (χ3n) is 3.91. The van der Waals surface area contributed by atoms with Crippen LogP contribution in [0.5, 0.6) is 11.5 Å². The maximum absolute atomic E-state index is 12.6. The average molecular weight is 283 g/mol. The zero-order chi connectivity index (χ0) is 14.9. The Labute approximate surface area is 123 Å². The Balaban J connectivity index is 1.87. The predicted octanol–water partition coefficient (Wildman–Crippen LogP) is 3.07. The van der Waals surface area contributed by atoms with Gasteiger partial charge in [0.25, 0.3) is 0 Å². The van der Waals surface area contributed by atoms with E-state index in [1.165, 1.54) is 6.07 Å². The zero-order valence-corrected chi connectivity index (χ0v) is 11.8. The summed E-state index contributed by atoms with van der Waals surface area (Å²) in [6.07, 6.45) is 1.61. The summed E-state index contributed by atoms with van der Waals surface area (Å²) in [4.78, 5) is 12.6. The summed E-state index contributed by atoms with van der Waals surface area (Å²) in [5.74, 6) is 0.814. The van der Waals surface area contributed by atoms with Crippen LogP contribution in [0.15, 0.2) is 48.5 Å². The normalized spacial score (nSPS) is 15.3. The topological polar surface area (TPSA) is 58.6 Å². The molecule has 0 spiro atoms. The summed E-state index contributed by atoms with van der Waals surface area (Å²) >= 11 is 0. The lowest BCUT2D eigenvalue weighted by molar-refractivity contribution is -0.118. The van der Waals surface area contributed by atoms with Crippen LogP contribution < -0.4 is 10.1 Å². The average Bonchev–Trinajstić information content (AvgIpc) is 3.29. The van der Waals surface area contributed by atoms with Crippen LogP contribution in [-0.4, -0.2) is 18.1 Å². The fraction of sp³-hybridized carbons (Fsp3) is 0.235. The molecule has 1 saturated carbocycles. The first-order valence-corrected chi connectivity index (χ1v) is 6.90. The number of aromatic hydroxyl groups is 1. The van der Waals surface area contributed by atoms with E-state index in [0.717, 1.165) is 24.2 Å². The van der Waals surface area contributed by atoms with Crippen LogP contribution in [-0.2, 0) is 10.2 Å². The highest BCUT2D eigenvalue weighted by atomic mass is 16.5. The second-order valence-corrected chi connectivity index (χ2v) is 5.29. The Bertz CT molecular complexity index is 677. The quantitative estimate of drug-likeness (QED) is 0.906. The number of ether oxygens (including phenoxy) is 1. The van der Waals surface area contributed by atoms with Gasteiger partial charge in [0.05, 0.1) is 12.5 Å². The van der Waals surface area contributed by atoms with E-state index in [0.29, 0.717) is 5.69 Å². The van der Waals surface area contributed by atoms with Gasteiger partial charge >= 0.3 is 0 Å². The number of hydrogen-bond donors (Lipinski definition) is 2. The molecule has 21 heavy (non-hydrogen) atoms. The smallest absolute Gasteiger partial charge is 0.235 e. The first kappa shape index (κ1) is 13.5. The standard InChI is InChI=1S/C17H17NO3/c1-21-15-8-3-2-7-14(15)17(9-10-17)16(20)18-12-5-4-6-13(19)11-12/h2-8,11,19H,9-10H2,1H3,(H,18,20). The molecule has 108 valence electrons. The number of anilines is 1. The first-order chi connectivity index (χ1) is 10.2. The Morgan fingerprint density at radius 3 is 2.62 bits per heavy atom. The number of methoxy groups -OCH3 is 1. The van der Waals surface area contributed by atoms with Crippen LogP contribution in [0.2, 0.25) is 0 Å². The summed E-state index contributed by atoms with van der Waals surface area (Å²) < 4.78 is 5.37. The summed E-state index contributed by atoms with van der Waals surface area (Å²) in [5.41, 5.74) is 1.00. The fourth-order valence-electron chi connectivity index (χ4n) is 2.62. The van der Waals surface area contributed by atoms with Crippen molar-refractivity contribution in [1.29, 1.82) is 0 Å². The molecular formula is C17H17NO3. The molecule has 1 amide bonds. The SMILES string of the molecule is COc1ccccc1C1(C(=O)Nc2cccc(O)c2)CC1. The lowest BCUT2D eigenvalue weighted by Crippen LogP contribution is -2.28. The third-order valence-corrected chi connectivity index (χ3v) is 3.91. The lowest BCUT2D eigenvalue weighted by Gasteiger charge is -2.18. The van der Waals surface area contributed by atoms with Gasteiger partial charge in [0.1, 0.15) is 11.5 Å². The second kappa shape index (κ2) is 5.13. The van der Waals surface area contributed by atoms with Crippen molar-refractivity contribution in [3.05, 3.63) is 54.1 Å². The summed E-state index contributed by atoms with van der Waals surface area (Å²) in [5, 5.41) is 12.4. The highest BCUT2D eigenvalue weighted by Gasteiger charge is 2.52. The molecular weight excluding hydrogens is 266 g/mol. The third kappa shape index (κ3) is 2.44. The van der Waals surface area contributed by atoms with Gasteiger partial charge in [-0.15, -0.1) is 0 Å². The Hall–Kier alpha value is -2.49. The summed E-state index contributed by atoms with van der Waals surface area (Å²) in [6, 6.07) is 14.2. The van der Waals surface area contributed by atoms with Gasteiger partial charge in [0.15, 0.2) is 0 Å². The molecule has 4 nitrogen and oxygen atoms in total. The van der Waals surface area contributed by atoms with E-state index < -0.39 is 5.41 Å². The number of para-hydroxylation sites is 1. The van der Waals surface area contributed by atoms with Crippen molar-refractivity contribution in [3.63, 3.8) is 0 Å². The van der Waals surface area contributed by atoms with Gasteiger partial charge in [-0.25, -0.2) is 0 Å². The Morgan fingerprint density at radius 2 is 1.95 bits per heavy atom. The number of phenolic OH excluding ortho intramolecular Hbond substituents is 1. The molecule has 1 fully saturated rings. The number of benzene rings is 2. The molecule has 4 heteroatoms. The van der Waals surface area contributed by atoms with Gasteiger partial charge in [-0.1, -0.05) is 24.3 Å². The number of carbonyl (C=O) groups excluding carboxylic acids is 1. The summed E-state index contributed by atoms with van der Waals surface area (Å²) in [7, 11) is 1.61. The highest BCUT2D eigenvalue weighted by Crippen LogP contribution is 2.51. The molecule has 0 aromatic heterocycles. The van der Waals surface area contributed by atoms with Crippen LogP contribution in [0, 0.1) is 0 Å². The lowest BCUT2D eigenvalue weighted by atomic mass is 9.94. The number of rotatable bonds is 4. The number of nitrogens with one attached hydrogen (secondary N) is 1. The predicted molar refractivity (Wildman–Crippen MR) is 80.6 cm³/mol. The Kier molecular flexibility index (Phi) is 3.29. The summed E-state index contributed by atoms with van der Waals surface area (Å²) in [6.45, 7) is 0. The molecule has 0 radical (unpaired) electrons. The van der Waals surface area contributed by atoms with Gasteiger partial charge in [0, 0.05) is 17.3 Å². The van der Waals surface area contributed by atoms with Crippen molar-refractivity contribution in [2.45, 2.75) is 18.3 Å². The number of phenols is 1. The molecule has 1 aliphatic rings. The van der Waals surface area contributed by atoms with Gasteiger partial charge in [-0.2, -0.15) is 0 Å². The molecule has 2 aromatic carbocycles. The van der Waals surface area contributed by atoms with Crippen LogP contribution >= 0.6 is 0 Å². The molecule has 0 unspecified atom stereocenters. The number of carbonyl (C=O) groups is 1. The van der Waals surface area contributed by atoms with Crippen molar-refractivity contribution in [2.24, 2.45) is 0 Å². The molecule has 3 rings (SSSR count). The maximum atomic E-state index is 12.6. The molecule has 2 N–H and O–H groups in total. The van der Waals surface area contributed by atoms with Gasteiger partial charge in [-0.05, 0) is 31.0 Å². The largest absolute Gasteiger partial charge is 0.508 e. The fourth-order valence-corrected chi connectivity index (χ4v) is 2.62. The molecule has 2 aromatic rings. The van der Waals surface area contributed by atoms with Crippen LogP contribution in [0.4, 0.5) is 5.69 Å². The minimum Gasteiger partial charge on any atom is -0.508 e. The van der Waals surface area contributed by atoms with Crippen molar-refractivity contribution < 1.29 is 14.6 Å². The van der Waals surface area contributed by atoms with Gasteiger partial charge in [-0.3, -0.25) is 4.79 Å². The minimum absolute atomic E-state index is 0.0578.